The first-order valence-electron chi connectivity index (χ1n) is 5.42. The topological polar surface area (TPSA) is 53.2 Å². The molecule has 0 aliphatic heterocycles. The second kappa shape index (κ2) is 5.90. The monoisotopic (exact) mass is 229 g/mol. The molecule has 0 saturated heterocycles. The molecule has 4 nitrogen and oxygen atoms in total. The minimum atomic E-state index is -0.281. The molecular formula is C10H19N3OS. The Hall–Kier alpha value is -0.840. The van der Waals surface area contributed by atoms with Gasteiger partial charge in [-0.25, -0.2) is 0 Å². The third kappa shape index (κ3) is 4.03. The number of amides is 1. The normalized spacial score (nSPS) is 18.3. The van der Waals surface area contributed by atoms with Crippen LogP contribution in [-0.4, -0.2) is 30.2 Å². The zero-order valence-corrected chi connectivity index (χ0v) is 10.1. The minimum absolute atomic E-state index is 0.0504. The molecule has 0 aromatic carbocycles. The highest BCUT2D eigenvalue weighted by atomic mass is 32.1. The molecule has 1 rings (SSSR count). The van der Waals surface area contributed by atoms with Crippen LogP contribution in [0.25, 0.3) is 0 Å². The number of rotatable bonds is 3. The molecule has 0 bridgehead atoms. The van der Waals surface area contributed by atoms with Crippen molar-refractivity contribution in [1.82, 2.24) is 16.0 Å². The van der Waals surface area contributed by atoms with E-state index in [-0.39, 0.29) is 11.9 Å². The van der Waals surface area contributed by atoms with Gasteiger partial charge in [0.25, 0.3) is 0 Å². The summed E-state index contributed by atoms with van der Waals surface area (Å²) >= 11 is 5.13. The molecule has 0 radical (unpaired) electrons. The van der Waals surface area contributed by atoms with E-state index >= 15 is 0 Å². The molecular weight excluding hydrogens is 210 g/mol. The van der Waals surface area contributed by atoms with E-state index < -0.39 is 0 Å². The van der Waals surface area contributed by atoms with E-state index in [2.05, 4.69) is 16.0 Å². The van der Waals surface area contributed by atoms with Crippen molar-refractivity contribution in [2.45, 2.75) is 44.7 Å². The molecule has 1 aliphatic rings. The predicted octanol–water partition coefficient (Wildman–Crippen LogP) is 0.528. The summed E-state index contributed by atoms with van der Waals surface area (Å²) in [6.07, 6.45) is 4.89. The zero-order chi connectivity index (χ0) is 11.3. The number of likely N-dealkylation sites (N-methyl/N-ethyl adjacent to an activating group) is 1. The molecule has 1 atom stereocenters. The molecule has 3 N–H and O–H groups in total. The quantitative estimate of drug-likeness (QED) is 0.618. The summed E-state index contributed by atoms with van der Waals surface area (Å²) in [6.45, 7) is 1.79. The highest BCUT2D eigenvalue weighted by Gasteiger charge is 2.17. The van der Waals surface area contributed by atoms with Crippen molar-refractivity contribution in [3.05, 3.63) is 0 Å². The SMILES string of the molecule is CNC(=O)C(C)NC(=S)NC1CCCC1. The lowest BCUT2D eigenvalue weighted by molar-refractivity contribution is -0.121. The standard InChI is InChI=1S/C10H19N3OS/c1-7(9(14)11-2)12-10(15)13-8-5-3-4-6-8/h7-8H,3-6H2,1-2H3,(H,11,14)(H2,12,13,15). The van der Waals surface area contributed by atoms with Crippen molar-refractivity contribution in [2.75, 3.05) is 7.05 Å². The van der Waals surface area contributed by atoms with Crippen LogP contribution < -0.4 is 16.0 Å². The van der Waals surface area contributed by atoms with E-state index in [9.17, 15) is 4.79 Å². The summed E-state index contributed by atoms with van der Waals surface area (Å²) in [5.41, 5.74) is 0. The minimum Gasteiger partial charge on any atom is -0.360 e. The van der Waals surface area contributed by atoms with Gasteiger partial charge in [0.05, 0.1) is 0 Å². The van der Waals surface area contributed by atoms with Gasteiger partial charge in [0, 0.05) is 13.1 Å². The summed E-state index contributed by atoms with van der Waals surface area (Å²) in [7, 11) is 1.62. The Bertz CT molecular complexity index is 239. The highest BCUT2D eigenvalue weighted by Crippen LogP contribution is 2.17. The number of hydrogen-bond acceptors (Lipinski definition) is 2. The fourth-order valence-corrected chi connectivity index (χ4v) is 2.12. The molecule has 0 aromatic rings. The Morgan fingerprint density at radius 2 is 2.00 bits per heavy atom. The van der Waals surface area contributed by atoms with Gasteiger partial charge in [-0.3, -0.25) is 4.79 Å². The smallest absolute Gasteiger partial charge is 0.242 e. The van der Waals surface area contributed by atoms with Crippen LogP contribution in [0.4, 0.5) is 0 Å². The van der Waals surface area contributed by atoms with E-state index in [1.165, 1.54) is 25.7 Å². The fraction of sp³-hybridized carbons (Fsp3) is 0.800. The number of nitrogens with one attached hydrogen (secondary N) is 3. The van der Waals surface area contributed by atoms with E-state index in [4.69, 9.17) is 12.2 Å². The first-order chi connectivity index (χ1) is 7.13. The summed E-state index contributed by atoms with van der Waals surface area (Å²) in [6, 6.07) is 0.207. The molecule has 1 saturated carbocycles. The van der Waals surface area contributed by atoms with Crippen LogP contribution in [0, 0.1) is 0 Å². The van der Waals surface area contributed by atoms with Crippen LogP contribution in [0.3, 0.4) is 0 Å². The van der Waals surface area contributed by atoms with Crippen molar-refractivity contribution in [3.63, 3.8) is 0 Å². The van der Waals surface area contributed by atoms with Gasteiger partial charge in [0.15, 0.2) is 5.11 Å². The van der Waals surface area contributed by atoms with Crippen molar-refractivity contribution in [1.29, 1.82) is 0 Å². The lowest BCUT2D eigenvalue weighted by atomic mass is 10.2. The van der Waals surface area contributed by atoms with Crippen molar-refractivity contribution in [3.8, 4) is 0 Å². The number of hydrogen-bond donors (Lipinski definition) is 3. The van der Waals surface area contributed by atoms with Gasteiger partial charge in [-0.2, -0.15) is 0 Å². The van der Waals surface area contributed by atoms with Gasteiger partial charge in [-0.15, -0.1) is 0 Å². The summed E-state index contributed by atoms with van der Waals surface area (Å²) in [5.74, 6) is -0.0504. The molecule has 0 spiro atoms. The average molecular weight is 229 g/mol. The lowest BCUT2D eigenvalue weighted by Crippen LogP contribution is -2.49. The largest absolute Gasteiger partial charge is 0.360 e. The number of carbonyl (C=O) groups is 1. The maximum atomic E-state index is 11.2. The Labute approximate surface area is 96.2 Å². The van der Waals surface area contributed by atoms with Crippen LogP contribution in [0.15, 0.2) is 0 Å². The first kappa shape index (κ1) is 12.2. The molecule has 1 aliphatic carbocycles. The van der Waals surface area contributed by atoms with Crippen molar-refractivity contribution in [2.24, 2.45) is 0 Å². The second-order valence-corrected chi connectivity index (χ2v) is 4.34. The fourth-order valence-electron chi connectivity index (χ4n) is 1.78. The van der Waals surface area contributed by atoms with E-state index in [0.29, 0.717) is 11.2 Å². The molecule has 86 valence electrons. The van der Waals surface area contributed by atoms with Gasteiger partial charge in [-0.1, -0.05) is 12.8 Å². The molecule has 1 amide bonds. The average Bonchev–Trinajstić information content (AvgIpc) is 2.68. The van der Waals surface area contributed by atoms with Gasteiger partial charge in [0.2, 0.25) is 5.91 Å². The zero-order valence-electron chi connectivity index (χ0n) is 9.30. The highest BCUT2D eigenvalue weighted by molar-refractivity contribution is 7.80. The number of carbonyl (C=O) groups excluding carboxylic acids is 1. The first-order valence-corrected chi connectivity index (χ1v) is 5.83. The van der Waals surface area contributed by atoms with Crippen LogP contribution >= 0.6 is 12.2 Å². The predicted molar refractivity (Wildman–Crippen MR) is 64.7 cm³/mol. The molecule has 1 unspecified atom stereocenters. The molecule has 1 fully saturated rings. The Morgan fingerprint density at radius 3 is 2.53 bits per heavy atom. The summed E-state index contributed by atoms with van der Waals surface area (Å²) in [4.78, 5) is 11.2. The Kier molecular flexibility index (Phi) is 4.81. The van der Waals surface area contributed by atoms with Gasteiger partial charge >= 0.3 is 0 Å². The van der Waals surface area contributed by atoms with Gasteiger partial charge in [0.1, 0.15) is 6.04 Å². The van der Waals surface area contributed by atoms with E-state index in [1.54, 1.807) is 14.0 Å². The van der Waals surface area contributed by atoms with E-state index in [0.717, 1.165) is 0 Å². The van der Waals surface area contributed by atoms with Gasteiger partial charge < -0.3 is 16.0 Å². The third-order valence-electron chi connectivity index (χ3n) is 2.68. The maximum Gasteiger partial charge on any atom is 0.242 e. The van der Waals surface area contributed by atoms with Crippen LogP contribution in [-0.2, 0) is 4.79 Å². The molecule has 5 heteroatoms. The number of thiocarbonyl (C=S) groups is 1. The van der Waals surface area contributed by atoms with Gasteiger partial charge in [-0.05, 0) is 32.0 Å². The lowest BCUT2D eigenvalue weighted by Gasteiger charge is -2.19. The summed E-state index contributed by atoms with van der Waals surface area (Å²) in [5, 5.41) is 9.35. The Morgan fingerprint density at radius 1 is 1.40 bits per heavy atom. The van der Waals surface area contributed by atoms with Crippen molar-refractivity contribution >= 4 is 23.2 Å². The van der Waals surface area contributed by atoms with Crippen LogP contribution in [0.5, 0.6) is 0 Å². The Balaban J connectivity index is 2.25. The van der Waals surface area contributed by atoms with Crippen molar-refractivity contribution < 1.29 is 4.79 Å². The summed E-state index contributed by atoms with van der Waals surface area (Å²) < 4.78 is 0. The molecule has 15 heavy (non-hydrogen) atoms. The molecule has 0 aromatic heterocycles. The maximum absolute atomic E-state index is 11.2. The molecule has 0 heterocycles. The second-order valence-electron chi connectivity index (χ2n) is 3.94. The van der Waals surface area contributed by atoms with Crippen LogP contribution in [0.2, 0.25) is 0 Å². The van der Waals surface area contributed by atoms with E-state index in [1.807, 2.05) is 0 Å². The van der Waals surface area contributed by atoms with Crippen LogP contribution in [0.1, 0.15) is 32.6 Å². The third-order valence-corrected chi connectivity index (χ3v) is 2.91.